The van der Waals surface area contributed by atoms with Crippen LogP contribution in [0.1, 0.15) is 30.1 Å². The molecule has 26 heavy (non-hydrogen) atoms. The molecule has 1 aliphatic rings. The minimum atomic E-state index is -3.67. The number of carbonyl (C=O) groups excluding carboxylic acids is 1. The van der Waals surface area contributed by atoms with E-state index in [2.05, 4.69) is 22.9 Å². The Balaban J connectivity index is 1.86. The zero-order valence-electron chi connectivity index (χ0n) is 14.4. The van der Waals surface area contributed by atoms with Crippen molar-refractivity contribution in [2.75, 3.05) is 13.1 Å². The normalized spacial score (nSPS) is 16.4. The van der Waals surface area contributed by atoms with Crippen LogP contribution in [0.4, 0.5) is 0 Å². The molecule has 0 amide bonds. The Kier molecular flexibility index (Phi) is 5.79. The van der Waals surface area contributed by atoms with E-state index in [0.717, 1.165) is 12.8 Å². The molecule has 5 nitrogen and oxygen atoms in total. The SMILES string of the molecule is CC1CCN(S(=O)(=O)c2cc(C(=O)Oc3ccccc3)ccc2Br)CC1. The number of nitrogens with zero attached hydrogens (tertiary/aromatic N) is 1. The molecule has 1 aliphatic heterocycles. The van der Waals surface area contributed by atoms with Crippen molar-refractivity contribution in [1.29, 1.82) is 0 Å². The van der Waals surface area contributed by atoms with E-state index in [0.29, 0.717) is 29.2 Å². The molecule has 2 aromatic rings. The molecule has 0 N–H and O–H groups in total. The van der Waals surface area contributed by atoms with Gasteiger partial charge in [-0.05, 0) is 65.0 Å². The summed E-state index contributed by atoms with van der Waals surface area (Å²) >= 11 is 3.30. The lowest BCUT2D eigenvalue weighted by Crippen LogP contribution is -2.38. The van der Waals surface area contributed by atoms with Crippen LogP contribution in [0.15, 0.2) is 57.9 Å². The van der Waals surface area contributed by atoms with Crippen LogP contribution < -0.4 is 4.74 Å². The summed E-state index contributed by atoms with van der Waals surface area (Å²) in [5.74, 6) is 0.347. The first-order valence-electron chi connectivity index (χ1n) is 8.45. The molecule has 7 heteroatoms. The number of benzene rings is 2. The number of para-hydroxylation sites is 1. The maximum absolute atomic E-state index is 13.0. The third-order valence-electron chi connectivity index (χ3n) is 4.48. The molecule has 138 valence electrons. The van der Waals surface area contributed by atoms with Gasteiger partial charge in [0.25, 0.3) is 0 Å². The van der Waals surface area contributed by atoms with Crippen molar-refractivity contribution < 1.29 is 17.9 Å². The standard InChI is InChI=1S/C19H20BrNO4S/c1-14-9-11-21(12-10-14)26(23,24)18-13-15(7-8-17(18)20)19(22)25-16-5-3-2-4-6-16/h2-8,13-14H,9-12H2,1H3. The van der Waals surface area contributed by atoms with Gasteiger partial charge in [0.1, 0.15) is 5.75 Å². The van der Waals surface area contributed by atoms with Crippen LogP contribution >= 0.6 is 15.9 Å². The fraction of sp³-hybridized carbons (Fsp3) is 0.316. The van der Waals surface area contributed by atoms with Crippen molar-refractivity contribution in [3.63, 3.8) is 0 Å². The molecule has 0 saturated carbocycles. The lowest BCUT2D eigenvalue weighted by molar-refractivity contribution is 0.0734. The fourth-order valence-electron chi connectivity index (χ4n) is 2.85. The van der Waals surface area contributed by atoms with E-state index in [-0.39, 0.29) is 10.5 Å². The molecular weight excluding hydrogens is 418 g/mol. The minimum absolute atomic E-state index is 0.0922. The first-order chi connectivity index (χ1) is 12.4. The van der Waals surface area contributed by atoms with Crippen molar-refractivity contribution in [3.05, 3.63) is 58.6 Å². The van der Waals surface area contributed by atoms with Crippen molar-refractivity contribution in [2.45, 2.75) is 24.7 Å². The molecular formula is C19H20BrNO4S. The largest absolute Gasteiger partial charge is 0.423 e. The highest BCUT2D eigenvalue weighted by Crippen LogP contribution is 2.29. The van der Waals surface area contributed by atoms with Crippen molar-refractivity contribution in [1.82, 2.24) is 4.31 Å². The predicted octanol–water partition coefficient (Wildman–Crippen LogP) is 4.09. The number of hydrogen-bond acceptors (Lipinski definition) is 4. The van der Waals surface area contributed by atoms with Gasteiger partial charge in [0.2, 0.25) is 10.0 Å². The van der Waals surface area contributed by atoms with Crippen LogP contribution in [-0.4, -0.2) is 31.8 Å². The number of piperidine rings is 1. The van der Waals surface area contributed by atoms with Crippen molar-refractivity contribution in [3.8, 4) is 5.75 Å². The molecule has 1 fully saturated rings. The molecule has 0 aliphatic carbocycles. The molecule has 0 spiro atoms. The van der Waals surface area contributed by atoms with E-state index in [9.17, 15) is 13.2 Å². The van der Waals surface area contributed by atoms with Crippen LogP contribution in [0.25, 0.3) is 0 Å². The van der Waals surface area contributed by atoms with E-state index < -0.39 is 16.0 Å². The zero-order valence-corrected chi connectivity index (χ0v) is 16.8. The Morgan fingerprint density at radius 3 is 2.42 bits per heavy atom. The quantitative estimate of drug-likeness (QED) is 0.533. The molecule has 1 saturated heterocycles. The third-order valence-corrected chi connectivity index (χ3v) is 7.37. The Bertz CT molecular complexity index is 891. The zero-order chi connectivity index (χ0) is 18.7. The molecule has 1 heterocycles. The molecule has 0 atom stereocenters. The summed E-state index contributed by atoms with van der Waals surface area (Å²) in [4.78, 5) is 12.5. The van der Waals surface area contributed by atoms with E-state index in [1.54, 1.807) is 36.4 Å². The van der Waals surface area contributed by atoms with Gasteiger partial charge in [0, 0.05) is 17.6 Å². The highest BCUT2D eigenvalue weighted by Gasteiger charge is 2.30. The van der Waals surface area contributed by atoms with E-state index in [1.165, 1.54) is 10.4 Å². The highest BCUT2D eigenvalue weighted by molar-refractivity contribution is 9.10. The van der Waals surface area contributed by atoms with Gasteiger partial charge in [0.15, 0.2) is 0 Å². The smallest absolute Gasteiger partial charge is 0.343 e. The second-order valence-corrected chi connectivity index (χ2v) is 9.20. The van der Waals surface area contributed by atoms with Crippen LogP contribution in [-0.2, 0) is 10.0 Å². The average molecular weight is 438 g/mol. The van der Waals surface area contributed by atoms with Crippen LogP contribution in [0.3, 0.4) is 0 Å². The molecule has 0 bridgehead atoms. The Labute approximate surface area is 162 Å². The van der Waals surface area contributed by atoms with E-state index in [4.69, 9.17) is 4.74 Å². The van der Waals surface area contributed by atoms with Gasteiger partial charge < -0.3 is 4.74 Å². The van der Waals surface area contributed by atoms with Crippen molar-refractivity contribution >= 4 is 31.9 Å². The Hall–Kier alpha value is -1.70. The fourth-order valence-corrected chi connectivity index (χ4v) is 5.27. The van der Waals surface area contributed by atoms with Crippen LogP contribution in [0, 0.1) is 5.92 Å². The van der Waals surface area contributed by atoms with E-state index >= 15 is 0 Å². The summed E-state index contributed by atoms with van der Waals surface area (Å²) in [6.45, 7) is 3.11. The van der Waals surface area contributed by atoms with Gasteiger partial charge in [0.05, 0.1) is 10.5 Å². The molecule has 3 rings (SSSR count). The third kappa shape index (κ3) is 4.16. The number of sulfonamides is 1. The Morgan fingerprint density at radius 1 is 1.12 bits per heavy atom. The first-order valence-corrected chi connectivity index (χ1v) is 10.7. The molecule has 0 radical (unpaired) electrons. The number of ether oxygens (including phenoxy) is 1. The first kappa shape index (κ1) is 19.1. The summed E-state index contributed by atoms with van der Waals surface area (Å²) in [7, 11) is -3.67. The number of carbonyl (C=O) groups is 1. The van der Waals surface area contributed by atoms with Gasteiger partial charge in [-0.1, -0.05) is 25.1 Å². The van der Waals surface area contributed by atoms with Gasteiger partial charge in [-0.2, -0.15) is 4.31 Å². The summed E-state index contributed by atoms with van der Waals surface area (Å²) < 4.78 is 33.2. The van der Waals surface area contributed by atoms with Gasteiger partial charge in [-0.15, -0.1) is 0 Å². The molecule has 0 unspecified atom stereocenters. The lowest BCUT2D eigenvalue weighted by Gasteiger charge is -2.29. The monoisotopic (exact) mass is 437 g/mol. The summed E-state index contributed by atoms with van der Waals surface area (Å²) in [6.07, 6.45) is 1.68. The number of hydrogen-bond donors (Lipinski definition) is 0. The van der Waals surface area contributed by atoms with Gasteiger partial charge in [-0.25, -0.2) is 13.2 Å². The summed E-state index contributed by atoms with van der Waals surface area (Å²) in [5, 5.41) is 0. The minimum Gasteiger partial charge on any atom is -0.423 e. The maximum Gasteiger partial charge on any atom is 0.343 e. The number of esters is 1. The Morgan fingerprint density at radius 2 is 1.77 bits per heavy atom. The number of rotatable bonds is 4. The van der Waals surface area contributed by atoms with Gasteiger partial charge >= 0.3 is 5.97 Å². The maximum atomic E-state index is 13.0. The average Bonchev–Trinajstić information content (AvgIpc) is 2.63. The predicted molar refractivity (Wildman–Crippen MR) is 103 cm³/mol. The molecule has 2 aromatic carbocycles. The van der Waals surface area contributed by atoms with E-state index in [1.807, 2.05) is 6.07 Å². The highest BCUT2D eigenvalue weighted by atomic mass is 79.9. The van der Waals surface area contributed by atoms with Crippen LogP contribution in [0.2, 0.25) is 0 Å². The van der Waals surface area contributed by atoms with Crippen LogP contribution in [0.5, 0.6) is 5.75 Å². The topological polar surface area (TPSA) is 63.7 Å². The second kappa shape index (κ2) is 7.90. The summed E-state index contributed by atoms with van der Waals surface area (Å²) in [6, 6.07) is 13.2. The summed E-state index contributed by atoms with van der Waals surface area (Å²) in [5.41, 5.74) is 0.195. The molecule has 0 aromatic heterocycles. The number of halogens is 1. The second-order valence-electron chi connectivity index (χ2n) is 6.43. The van der Waals surface area contributed by atoms with Crippen molar-refractivity contribution in [2.24, 2.45) is 5.92 Å². The van der Waals surface area contributed by atoms with Gasteiger partial charge in [-0.3, -0.25) is 0 Å². The lowest BCUT2D eigenvalue weighted by atomic mass is 10.0.